The molecule has 3 rings (SSSR count). The minimum Gasteiger partial charge on any atom is -0.331 e. The van der Waals surface area contributed by atoms with Gasteiger partial charge in [0.05, 0.1) is 0 Å². The Kier molecular flexibility index (Phi) is 8.19. The first-order valence-corrected chi connectivity index (χ1v) is 12.1. The van der Waals surface area contributed by atoms with Crippen molar-refractivity contribution in [2.45, 2.75) is 77.5 Å². The Bertz CT molecular complexity index is 782. The maximum atomic E-state index is 12.7. The number of thioether (sulfide) groups is 1. The number of carbonyl (C=O) groups excluding carboxylic acids is 2. The molecule has 3 amide bonds. The van der Waals surface area contributed by atoms with Crippen LogP contribution in [0.3, 0.4) is 0 Å². The van der Waals surface area contributed by atoms with Crippen LogP contribution in [-0.2, 0) is 11.3 Å². The van der Waals surface area contributed by atoms with Crippen LogP contribution in [0.1, 0.15) is 63.0 Å². The molecule has 1 aromatic carbocycles. The topological polar surface area (TPSA) is 65.0 Å². The highest BCUT2D eigenvalue weighted by Crippen LogP contribution is 2.30. The Labute approximate surface area is 184 Å². The van der Waals surface area contributed by atoms with Crippen LogP contribution in [0.2, 0.25) is 0 Å². The van der Waals surface area contributed by atoms with E-state index in [1.165, 1.54) is 49.0 Å². The lowest BCUT2D eigenvalue weighted by molar-refractivity contribution is -0.127. The molecule has 2 atom stereocenters. The van der Waals surface area contributed by atoms with E-state index in [9.17, 15) is 9.59 Å². The molecular formula is C23H34N4O2S. The van der Waals surface area contributed by atoms with Gasteiger partial charge in [-0.25, -0.2) is 9.79 Å². The molecule has 2 aliphatic rings. The van der Waals surface area contributed by atoms with E-state index < -0.39 is 12.2 Å². The van der Waals surface area contributed by atoms with Gasteiger partial charge in [-0.3, -0.25) is 10.1 Å². The summed E-state index contributed by atoms with van der Waals surface area (Å²) in [7, 11) is 1.71. The summed E-state index contributed by atoms with van der Waals surface area (Å²) < 4.78 is 0. The van der Waals surface area contributed by atoms with E-state index in [-0.39, 0.29) is 11.9 Å². The zero-order valence-corrected chi connectivity index (χ0v) is 19.2. The van der Waals surface area contributed by atoms with Crippen molar-refractivity contribution in [3.05, 3.63) is 35.4 Å². The third-order valence-electron chi connectivity index (χ3n) is 5.74. The highest BCUT2D eigenvalue weighted by atomic mass is 32.2. The molecule has 0 aromatic heterocycles. The van der Waals surface area contributed by atoms with E-state index in [0.29, 0.717) is 6.54 Å². The number of fused-ring (bicyclic) bond motifs is 1. The molecule has 0 radical (unpaired) electrons. The summed E-state index contributed by atoms with van der Waals surface area (Å²) >= 11 is 1.71. The minimum atomic E-state index is -0.468. The summed E-state index contributed by atoms with van der Waals surface area (Å²) in [5.41, 5.74) is 2.34. The van der Waals surface area contributed by atoms with Crippen molar-refractivity contribution in [2.24, 2.45) is 4.99 Å². The number of benzene rings is 1. The quantitative estimate of drug-likeness (QED) is 0.554. The van der Waals surface area contributed by atoms with Gasteiger partial charge in [0.1, 0.15) is 0 Å². The van der Waals surface area contributed by atoms with Crippen LogP contribution in [-0.4, -0.2) is 51.9 Å². The fourth-order valence-electron chi connectivity index (χ4n) is 4.02. The monoisotopic (exact) mass is 430 g/mol. The molecule has 0 saturated carbocycles. The lowest BCUT2D eigenvalue weighted by Gasteiger charge is -2.36. The number of hydrogen-bond donors (Lipinski definition) is 1. The van der Waals surface area contributed by atoms with Crippen LogP contribution in [0.5, 0.6) is 0 Å². The van der Waals surface area contributed by atoms with Gasteiger partial charge in [0, 0.05) is 19.3 Å². The smallest absolute Gasteiger partial charge is 0.325 e. The van der Waals surface area contributed by atoms with E-state index >= 15 is 0 Å². The van der Waals surface area contributed by atoms with Gasteiger partial charge in [-0.1, -0.05) is 87.0 Å². The average Bonchev–Trinajstić information content (AvgIpc) is 3.07. The lowest BCUT2D eigenvalue weighted by atomic mass is 10.1. The first-order valence-electron chi connectivity index (χ1n) is 11.1. The van der Waals surface area contributed by atoms with Crippen molar-refractivity contribution < 1.29 is 9.59 Å². The van der Waals surface area contributed by atoms with Crippen LogP contribution in [0.25, 0.3) is 0 Å². The zero-order valence-electron chi connectivity index (χ0n) is 18.4. The molecular weight excluding hydrogens is 396 g/mol. The Morgan fingerprint density at radius 3 is 2.57 bits per heavy atom. The molecule has 1 fully saturated rings. The Morgan fingerprint density at radius 2 is 1.83 bits per heavy atom. The summed E-state index contributed by atoms with van der Waals surface area (Å²) in [4.78, 5) is 33.1. The predicted molar refractivity (Wildman–Crippen MR) is 123 cm³/mol. The van der Waals surface area contributed by atoms with Gasteiger partial charge in [0.25, 0.3) is 5.91 Å². The van der Waals surface area contributed by atoms with E-state index in [1.807, 2.05) is 6.07 Å². The van der Waals surface area contributed by atoms with Crippen LogP contribution in [0.4, 0.5) is 4.79 Å². The number of urea groups is 1. The molecule has 164 valence electrons. The maximum absolute atomic E-state index is 12.7. The fourth-order valence-corrected chi connectivity index (χ4v) is 5.07. The van der Waals surface area contributed by atoms with Gasteiger partial charge in [0.2, 0.25) is 0 Å². The summed E-state index contributed by atoms with van der Waals surface area (Å²) in [5.74, 6) is 0.723. The van der Waals surface area contributed by atoms with Crippen LogP contribution in [0, 0.1) is 6.92 Å². The van der Waals surface area contributed by atoms with Crippen molar-refractivity contribution in [2.75, 3.05) is 12.8 Å². The number of nitrogens with one attached hydrogen (secondary N) is 1. The van der Waals surface area contributed by atoms with Gasteiger partial charge < -0.3 is 9.80 Å². The second kappa shape index (κ2) is 10.8. The van der Waals surface area contributed by atoms with Crippen molar-refractivity contribution in [1.82, 2.24) is 15.1 Å². The van der Waals surface area contributed by atoms with Crippen LogP contribution in [0.15, 0.2) is 29.3 Å². The molecule has 30 heavy (non-hydrogen) atoms. The number of likely N-dealkylation sites (N-methyl/N-ethyl adjacent to an activating group) is 1. The second-order valence-corrected chi connectivity index (χ2v) is 9.32. The molecule has 7 heteroatoms. The van der Waals surface area contributed by atoms with E-state index in [4.69, 9.17) is 4.99 Å². The fraction of sp³-hybridized carbons (Fsp3) is 0.609. The van der Waals surface area contributed by atoms with Crippen LogP contribution < -0.4 is 5.32 Å². The number of aliphatic imine (C=N–C) groups is 1. The lowest BCUT2D eigenvalue weighted by Crippen LogP contribution is -2.63. The molecule has 6 nitrogen and oxygen atoms in total. The molecule has 1 saturated heterocycles. The minimum absolute atomic E-state index is 0.258. The van der Waals surface area contributed by atoms with E-state index in [2.05, 4.69) is 42.3 Å². The van der Waals surface area contributed by atoms with Crippen LogP contribution >= 0.6 is 11.8 Å². The first kappa shape index (κ1) is 22.7. The number of imide groups is 1. The molecule has 2 aliphatic heterocycles. The number of nitrogens with zero attached hydrogens (tertiary/aromatic N) is 3. The van der Waals surface area contributed by atoms with Crippen molar-refractivity contribution in [1.29, 1.82) is 0 Å². The van der Waals surface area contributed by atoms with Gasteiger partial charge in [-0.15, -0.1) is 0 Å². The predicted octanol–water partition coefficient (Wildman–Crippen LogP) is 4.53. The SMILES string of the molecule is CCCCCCCCCSC1=NC2C(C(=O)NC(=O)N2C)N1Cc1cccc(C)c1. The Balaban J connectivity index is 1.63. The third kappa shape index (κ3) is 5.56. The number of unbranched alkanes of at least 4 members (excludes halogenated alkanes) is 6. The third-order valence-corrected chi connectivity index (χ3v) is 6.83. The van der Waals surface area contributed by atoms with E-state index in [1.54, 1.807) is 18.8 Å². The maximum Gasteiger partial charge on any atom is 0.325 e. The number of carbonyl (C=O) groups is 2. The van der Waals surface area contributed by atoms with Crippen molar-refractivity contribution >= 4 is 28.9 Å². The number of amidine groups is 1. The molecule has 2 unspecified atom stereocenters. The summed E-state index contributed by atoms with van der Waals surface area (Å²) in [5, 5.41) is 3.34. The van der Waals surface area contributed by atoms with Gasteiger partial charge in [0.15, 0.2) is 17.4 Å². The first-order chi connectivity index (χ1) is 14.5. The molecule has 1 N–H and O–H groups in total. The largest absolute Gasteiger partial charge is 0.331 e. The standard InChI is InChI=1S/C23H34N4O2S/c1-4-5-6-7-8-9-10-14-30-23-24-20-19(21(28)25-22(29)26(20)3)27(23)16-18-13-11-12-17(2)15-18/h11-13,15,19-20H,4-10,14,16H2,1-3H3,(H,25,28,29). The highest BCUT2D eigenvalue weighted by Gasteiger charge is 2.48. The molecule has 1 aromatic rings. The Morgan fingerprint density at radius 1 is 1.10 bits per heavy atom. The van der Waals surface area contributed by atoms with Gasteiger partial charge >= 0.3 is 6.03 Å². The summed E-state index contributed by atoms with van der Waals surface area (Å²) in [6.07, 6.45) is 8.46. The van der Waals surface area contributed by atoms with E-state index in [0.717, 1.165) is 22.9 Å². The number of rotatable bonds is 10. The Hall–Kier alpha value is -2.02. The normalized spacial score (nSPS) is 21.0. The van der Waals surface area contributed by atoms with Gasteiger partial charge in [-0.2, -0.15) is 0 Å². The number of aryl methyl sites for hydroxylation is 1. The summed E-state index contributed by atoms with van der Waals surface area (Å²) in [6, 6.07) is 7.48. The van der Waals surface area contributed by atoms with Crippen molar-refractivity contribution in [3.8, 4) is 0 Å². The highest BCUT2D eigenvalue weighted by molar-refractivity contribution is 8.13. The number of hydrogen-bond acceptors (Lipinski definition) is 5. The molecule has 0 bridgehead atoms. The molecule has 0 aliphatic carbocycles. The second-order valence-electron chi connectivity index (χ2n) is 8.26. The molecule has 2 heterocycles. The average molecular weight is 431 g/mol. The molecule has 0 spiro atoms. The van der Waals surface area contributed by atoms with Crippen molar-refractivity contribution in [3.63, 3.8) is 0 Å². The number of amides is 3. The van der Waals surface area contributed by atoms with Gasteiger partial charge in [-0.05, 0) is 18.9 Å². The summed E-state index contributed by atoms with van der Waals surface area (Å²) in [6.45, 7) is 4.92. The zero-order chi connectivity index (χ0) is 21.5.